The highest BCUT2D eigenvalue weighted by atomic mass is 35.5. The number of hydrogen-bond donors (Lipinski definition) is 1. The number of furan rings is 1. The number of anilines is 1. The molecular weight excluding hydrogens is 318 g/mol. The molecular formula is C15H16ClN5O2. The van der Waals surface area contributed by atoms with Crippen LogP contribution in [0.2, 0.25) is 5.28 Å². The number of rotatable bonds is 2. The van der Waals surface area contributed by atoms with Gasteiger partial charge in [0.2, 0.25) is 11.0 Å². The maximum absolute atomic E-state index is 6.14. The molecule has 3 aromatic rings. The summed E-state index contributed by atoms with van der Waals surface area (Å²) in [7, 11) is 0. The number of nitrogens with zero attached hydrogens (tertiary/aromatic N) is 4. The van der Waals surface area contributed by atoms with Crippen LogP contribution in [0.15, 0.2) is 16.7 Å². The SMILES string of the molecule is C[C@H](N)c1cnc2oc3c(N4CCOCC4)nc(Cl)nc3c2c1. The lowest BCUT2D eigenvalue weighted by Crippen LogP contribution is -2.36. The van der Waals surface area contributed by atoms with E-state index in [9.17, 15) is 0 Å². The van der Waals surface area contributed by atoms with Crippen molar-refractivity contribution in [2.24, 2.45) is 5.73 Å². The van der Waals surface area contributed by atoms with Gasteiger partial charge in [0.05, 0.1) is 18.6 Å². The summed E-state index contributed by atoms with van der Waals surface area (Å²) in [6.07, 6.45) is 1.72. The van der Waals surface area contributed by atoms with Crippen LogP contribution in [0.25, 0.3) is 22.2 Å². The number of fused-ring (bicyclic) bond motifs is 3. The molecule has 4 heterocycles. The van der Waals surface area contributed by atoms with Crippen LogP contribution in [0.4, 0.5) is 5.82 Å². The van der Waals surface area contributed by atoms with E-state index in [-0.39, 0.29) is 11.3 Å². The molecule has 1 aliphatic heterocycles. The fourth-order valence-corrected chi connectivity index (χ4v) is 2.91. The van der Waals surface area contributed by atoms with E-state index in [0.29, 0.717) is 35.8 Å². The van der Waals surface area contributed by atoms with Gasteiger partial charge in [-0.3, -0.25) is 0 Å². The van der Waals surface area contributed by atoms with Crippen LogP contribution in [-0.4, -0.2) is 41.3 Å². The summed E-state index contributed by atoms with van der Waals surface area (Å²) in [6.45, 7) is 4.68. The molecule has 8 heteroatoms. The van der Waals surface area contributed by atoms with Gasteiger partial charge in [0.1, 0.15) is 5.52 Å². The maximum atomic E-state index is 6.14. The van der Waals surface area contributed by atoms with Crippen molar-refractivity contribution in [3.05, 3.63) is 23.1 Å². The van der Waals surface area contributed by atoms with Crippen LogP contribution in [0, 0.1) is 0 Å². The molecule has 1 atom stereocenters. The molecule has 0 saturated carbocycles. The van der Waals surface area contributed by atoms with Crippen molar-refractivity contribution in [1.29, 1.82) is 0 Å². The monoisotopic (exact) mass is 333 g/mol. The first-order chi connectivity index (χ1) is 11.1. The van der Waals surface area contributed by atoms with Gasteiger partial charge in [-0.2, -0.15) is 4.98 Å². The van der Waals surface area contributed by atoms with Crippen molar-refractivity contribution in [3.63, 3.8) is 0 Å². The van der Waals surface area contributed by atoms with Crippen LogP contribution >= 0.6 is 11.6 Å². The highest BCUT2D eigenvalue weighted by molar-refractivity contribution is 6.29. The molecule has 1 saturated heterocycles. The standard InChI is InChI=1S/C15H16ClN5O2/c1-8(17)9-6-10-11-12(23-14(10)18-7-9)13(20-15(16)19-11)21-2-4-22-5-3-21/h6-8H,2-5,17H2,1H3/t8-/m0/s1. The predicted octanol–water partition coefficient (Wildman–Crippen LogP) is 2.28. The van der Waals surface area contributed by atoms with Gasteiger partial charge in [-0.25, -0.2) is 9.97 Å². The highest BCUT2D eigenvalue weighted by Gasteiger charge is 2.22. The van der Waals surface area contributed by atoms with Gasteiger partial charge in [0.25, 0.3) is 0 Å². The number of ether oxygens (including phenoxy) is 1. The van der Waals surface area contributed by atoms with Crippen LogP contribution in [0.3, 0.4) is 0 Å². The molecule has 1 fully saturated rings. The molecule has 0 radical (unpaired) electrons. The van der Waals surface area contributed by atoms with Crippen molar-refractivity contribution >= 4 is 39.6 Å². The van der Waals surface area contributed by atoms with Crippen molar-refractivity contribution in [3.8, 4) is 0 Å². The molecule has 0 aromatic carbocycles. The second-order valence-electron chi connectivity index (χ2n) is 5.61. The van der Waals surface area contributed by atoms with Crippen LogP contribution in [0.1, 0.15) is 18.5 Å². The van der Waals surface area contributed by atoms with Gasteiger partial charge in [-0.05, 0) is 30.2 Å². The molecule has 23 heavy (non-hydrogen) atoms. The maximum Gasteiger partial charge on any atom is 0.229 e. The largest absolute Gasteiger partial charge is 0.432 e. The summed E-state index contributed by atoms with van der Waals surface area (Å²) in [5.74, 6) is 0.684. The Morgan fingerprint density at radius 2 is 2.09 bits per heavy atom. The van der Waals surface area contributed by atoms with Crippen LogP contribution in [0.5, 0.6) is 0 Å². The number of hydrogen-bond acceptors (Lipinski definition) is 7. The minimum atomic E-state index is -0.118. The molecule has 0 spiro atoms. The van der Waals surface area contributed by atoms with Gasteiger partial charge in [0, 0.05) is 25.3 Å². The molecule has 1 aliphatic rings. The molecule has 4 rings (SSSR count). The minimum absolute atomic E-state index is 0.118. The quantitative estimate of drug-likeness (QED) is 0.719. The minimum Gasteiger partial charge on any atom is -0.432 e. The number of pyridine rings is 1. The summed E-state index contributed by atoms with van der Waals surface area (Å²) < 4.78 is 11.3. The van der Waals surface area contributed by atoms with Gasteiger partial charge in [0.15, 0.2) is 11.4 Å². The molecule has 0 bridgehead atoms. The summed E-state index contributed by atoms with van der Waals surface area (Å²) >= 11 is 6.14. The summed E-state index contributed by atoms with van der Waals surface area (Å²) in [6, 6.07) is 1.83. The topological polar surface area (TPSA) is 90.3 Å². The molecule has 3 aromatic heterocycles. The predicted molar refractivity (Wildman–Crippen MR) is 87.7 cm³/mol. The lowest BCUT2D eigenvalue weighted by atomic mass is 10.1. The third-order valence-corrected chi connectivity index (χ3v) is 4.15. The first-order valence-corrected chi connectivity index (χ1v) is 7.85. The van der Waals surface area contributed by atoms with E-state index in [0.717, 1.165) is 24.0 Å². The normalized spacial score (nSPS) is 17.1. The highest BCUT2D eigenvalue weighted by Crippen LogP contribution is 2.34. The smallest absolute Gasteiger partial charge is 0.229 e. The zero-order valence-electron chi connectivity index (χ0n) is 12.6. The number of nitrogens with two attached hydrogens (primary N) is 1. The second-order valence-corrected chi connectivity index (χ2v) is 5.94. The third kappa shape index (κ3) is 2.50. The van der Waals surface area contributed by atoms with E-state index in [1.165, 1.54) is 0 Å². The molecule has 7 nitrogen and oxygen atoms in total. The van der Waals surface area contributed by atoms with E-state index < -0.39 is 0 Å². The van der Waals surface area contributed by atoms with Gasteiger partial charge < -0.3 is 19.8 Å². The Kier molecular flexibility index (Phi) is 3.56. The van der Waals surface area contributed by atoms with Gasteiger partial charge in [-0.15, -0.1) is 0 Å². The molecule has 0 unspecified atom stereocenters. The lowest BCUT2D eigenvalue weighted by molar-refractivity contribution is 0.122. The Bertz CT molecular complexity index is 873. The summed E-state index contributed by atoms with van der Waals surface area (Å²) in [4.78, 5) is 15.1. The van der Waals surface area contributed by atoms with Crippen molar-refractivity contribution < 1.29 is 9.15 Å². The second kappa shape index (κ2) is 5.59. The fourth-order valence-electron chi connectivity index (χ4n) is 2.74. The average molecular weight is 334 g/mol. The first kappa shape index (κ1) is 14.6. The van der Waals surface area contributed by atoms with Gasteiger partial charge in [-0.1, -0.05) is 0 Å². The van der Waals surface area contributed by atoms with Crippen LogP contribution in [-0.2, 0) is 4.74 Å². The average Bonchev–Trinajstić information content (AvgIpc) is 2.92. The summed E-state index contributed by atoms with van der Waals surface area (Å²) in [5, 5.41) is 0.988. The Balaban J connectivity index is 1.95. The van der Waals surface area contributed by atoms with Crippen molar-refractivity contribution in [1.82, 2.24) is 15.0 Å². The van der Waals surface area contributed by atoms with E-state index in [2.05, 4.69) is 19.9 Å². The Labute approximate surface area is 137 Å². The summed E-state index contributed by atoms with van der Waals surface area (Å²) in [5.41, 5.74) is 8.63. The number of morpholine rings is 1. The molecule has 2 N–H and O–H groups in total. The molecule has 0 aliphatic carbocycles. The zero-order chi connectivity index (χ0) is 16.0. The van der Waals surface area contributed by atoms with E-state index in [1.807, 2.05) is 13.0 Å². The van der Waals surface area contributed by atoms with Crippen LogP contribution < -0.4 is 10.6 Å². The fraction of sp³-hybridized carbons (Fsp3) is 0.400. The third-order valence-electron chi connectivity index (χ3n) is 3.98. The number of halogens is 1. The Hall–Kier alpha value is -1.96. The molecule has 120 valence electrons. The first-order valence-electron chi connectivity index (χ1n) is 7.47. The Morgan fingerprint density at radius 3 is 2.83 bits per heavy atom. The van der Waals surface area contributed by atoms with Crippen molar-refractivity contribution in [2.75, 3.05) is 31.2 Å². The Morgan fingerprint density at radius 1 is 1.30 bits per heavy atom. The van der Waals surface area contributed by atoms with Crippen molar-refractivity contribution in [2.45, 2.75) is 13.0 Å². The molecule has 0 amide bonds. The zero-order valence-corrected chi connectivity index (χ0v) is 13.4. The number of aromatic nitrogens is 3. The van der Waals surface area contributed by atoms with E-state index >= 15 is 0 Å². The lowest BCUT2D eigenvalue weighted by Gasteiger charge is -2.27. The van der Waals surface area contributed by atoms with Gasteiger partial charge >= 0.3 is 0 Å². The van der Waals surface area contributed by atoms with E-state index in [4.69, 9.17) is 26.5 Å². The van der Waals surface area contributed by atoms with E-state index in [1.54, 1.807) is 6.20 Å².